The summed E-state index contributed by atoms with van der Waals surface area (Å²) in [5, 5.41) is 9.65. The molecule has 246 valence electrons. The number of alkyl carbamates (subject to hydrolysis) is 1. The molecule has 0 radical (unpaired) electrons. The number of nitrogens with one attached hydrogen (secondary N) is 3. The van der Waals surface area contributed by atoms with Gasteiger partial charge in [0.25, 0.3) is 0 Å². The quantitative estimate of drug-likeness (QED) is 0.378. The Balaban J connectivity index is 1.32. The molecular weight excluding hydrogens is 587 g/mol. The van der Waals surface area contributed by atoms with E-state index in [1.54, 1.807) is 16.4 Å². The molecule has 3 heterocycles. The topological polar surface area (TPSA) is 126 Å². The summed E-state index contributed by atoms with van der Waals surface area (Å²) in [4.78, 5) is 26.8. The van der Waals surface area contributed by atoms with Crippen molar-refractivity contribution in [1.82, 2.24) is 20.3 Å². The summed E-state index contributed by atoms with van der Waals surface area (Å²) in [5.41, 5.74) is 0.777. The molecule has 1 saturated carbocycles. The van der Waals surface area contributed by atoms with Crippen molar-refractivity contribution in [2.24, 2.45) is 11.8 Å². The summed E-state index contributed by atoms with van der Waals surface area (Å²) in [6, 6.07) is 5.29. The number of ether oxygens (including phenoxy) is 2. The zero-order valence-corrected chi connectivity index (χ0v) is 27.0. The van der Waals surface area contributed by atoms with Gasteiger partial charge >= 0.3 is 6.09 Å². The van der Waals surface area contributed by atoms with E-state index in [0.717, 1.165) is 44.1 Å². The fourth-order valence-electron chi connectivity index (χ4n) is 8.17. The van der Waals surface area contributed by atoms with Crippen LogP contribution in [-0.2, 0) is 24.3 Å². The van der Waals surface area contributed by atoms with E-state index in [4.69, 9.17) is 9.47 Å². The van der Waals surface area contributed by atoms with E-state index in [9.17, 15) is 22.4 Å². The Bertz CT molecular complexity index is 1240. The molecule has 2 bridgehead atoms. The molecule has 4 fully saturated rings. The monoisotopic (exact) mass is 636 g/mol. The maximum Gasteiger partial charge on any atom is 0.407 e. The summed E-state index contributed by atoms with van der Waals surface area (Å²) in [5.74, 6) is -0.655. The highest BCUT2D eigenvalue weighted by Gasteiger charge is 2.43. The van der Waals surface area contributed by atoms with Crippen molar-refractivity contribution in [3.8, 4) is 0 Å². The molecule has 0 spiro atoms. The second-order valence-electron chi connectivity index (χ2n) is 13.4. The number of hydrogen-bond donors (Lipinski definition) is 3. The van der Waals surface area contributed by atoms with Crippen molar-refractivity contribution in [1.29, 1.82) is 0 Å². The van der Waals surface area contributed by atoms with Crippen molar-refractivity contribution in [3.05, 3.63) is 35.6 Å². The molecule has 44 heavy (non-hydrogen) atoms. The first-order valence-corrected chi connectivity index (χ1v) is 17.9. The highest BCUT2D eigenvalue weighted by molar-refractivity contribution is 7.89. The lowest BCUT2D eigenvalue weighted by Crippen LogP contribution is -2.57. The molecule has 3 aliphatic heterocycles. The number of piperazine rings is 1. The van der Waals surface area contributed by atoms with Crippen molar-refractivity contribution in [2.45, 2.75) is 114 Å². The number of sulfonamides is 1. The fourth-order valence-corrected chi connectivity index (χ4v) is 9.98. The Labute approximate surface area is 261 Å². The Morgan fingerprint density at radius 2 is 1.82 bits per heavy atom. The van der Waals surface area contributed by atoms with Crippen LogP contribution < -0.4 is 16.0 Å². The third-order valence-corrected chi connectivity index (χ3v) is 12.2. The Morgan fingerprint density at radius 3 is 2.52 bits per heavy atom. The van der Waals surface area contributed by atoms with Crippen LogP contribution in [-0.4, -0.2) is 87.1 Å². The van der Waals surface area contributed by atoms with Crippen molar-refractivity contribution in [2.75, 3.05) is 26.0 Å². The molecule has 2 unspecified atom stereocenters. The number of hydrogen-bond acceptors (Lipinski definition) is 7. The minimum atomic E-state index is -3.26. The van der Waals surface area contributed by atoms with Gasteiger partial charge in [-0.15, -0.1) is 0 Å². The second-order valence-corrected chi connectivity index (χ2v) is 15.4. The van der Waals surface area contributed by atoms with Gasteiger partial charge < -0.3 is 25.4 Å². The van der Waals surface area contributed by atoms with Crippen molar-refractivity contribution in [3.63, 3.8) is 0 Å². The maximum absolute atomic E-state index is 14.2. The number of amides is 2. The van der Waals surface area contributed by atoms with Crippen LogP contribution in [0.25, 0.3) is 0 Å². The van der Waals surface area contributed by atoms with Gasteiger partial charge in [-0.05, 0) is 94.7 Å². The number of rotatable bonds is 9. The first kappa shape index (κ1) is 33.1. The average Bonchev–Trinajstić information content (AvgIpc) is 3.38. The van der Waals surface area contributed by atoms with E-state index in [2.05, 4.69) is 16.0 Å². The van der Waals surface area contributed by atoms with Gasteiger partial charge in [0.1, 0.15) is 11.9 Å². The third-order valence-electron chi connectivity index (χ3n) is 10.2. The number of fused-ring (bicyclic) bond motifs is 2. The minimum absolute atomic E-state index is 0.00435. The van der Waals surface area contributed by atoms with Crippen LogP contribution in [0.15, 0.2) is 24.3 Å². The number of methoxy groups -OCH3 is 1. The summed E-state index contributed by atoms with van der Waals surface area (Å²) in [7, 11) is -1.99. The van der Waals surface area contributed by atoms with Crippen molar-refractivity contribution >= 4 is 22.0 Å². The second kappa shape index (κ2) is 14.4. The fraction of sp³-hybridized carbons (Fsp3) is 0.750. The molecule has 1 aromatic carbocycles. The molecule has 3 saturated heterocycles. The average molecular weight is 637 g/mol. The van der Waals surface area contributed by atoms with Crippen LogP contribution in [0.2, 0.25) is 0 Å². The first-order chi connectivity index (χ1) is 21.0. The molecule has 0 aromatic heterocycles. The van der Waals surface area contributed by atoms with Gasteiger partial charge in [0.2, 0.25) is 15.9 Å². The number of halogens is 1. The lowest BCUT2D eigenvalue weighted by atomic mass is 9.74. The number of benzene rings is 1. The van der Waals surface area contributed by atoms with Crippen LogP contribution in [0, 0.1) is 17.7 Å². The van der Waals surface area contributed by atoms with E-state index in [1.807, 2.05) is 13.8 Å². The highest BCUT2D eigenvalue weighted by atomic mass is 32.2. The smallest absolute Gasteiger partial charge is 0.407 e. The van der Waals surface area contributed by atoms with E-state index < -0.39 is 28.1 Å². The van der Waals surface area contributed by atoms with Gasteiger partial charge in [-0.3, -0.25) is 4.79 Å². The summed E-state index contributed by atoms with van der Waals surface area (Å²) >= 11 is 0. The molecule has 4 aliphatic rings. The van der Waals surface area contributed by atoms with E-state index in [0.29, 0.717) is 32.4 Å². The van der Waals surface area contributed by atoms with E-state index in [-0.39, 0.29) is 59.6 Å². The predicted molar refractivity (Wildman–Crippen MR) is 165 cm³/mol. The van der Waals surface area contributed by atoms with Crippen LogP contribution >= 0.6 is 0 Å². The van der Waals surface area contributed by atoms with E-state index in [1.165, 1.54) is 19.2 Å². The van der Waals surface area contributed by atoms with Gasteiger partial charge in [-0.2, -0.15) is 4.31 Å². The van der Waals surface area contributed by atoms with Crippen LogP contribution in [0.3, 0.4) is 0 Å². The predicted octanol–water partition coefficient (Wildman–Crippen LogP) is 3.67. The number of carbonyl (C=O) groups is 2. The van der Waals surface area contributed by atoms with Gasteiger partial charge in [-0.1, -0.05) is 18.6 Å². The van der Waals surface area contributed by atoms with Crippen LogP contribution in [0.1, 0.15) is 83.1 Å². The molecule has 2 amide bonds. The van der Waals surface area contributed by atoms with Gasteiger partial charge in [-0.25, -0.2) is 17.6 Å². The molecule has 10 atom stereocenters. The SMILES string of the molecule is COC(=O)N[C@H](C(=O)N[C@H]1CCC[C@@H]1CC[C@H]1CN[C@@H]2CCCS(=O)(=O)N1C2)[C@@H](c1ccc(F)cc1)C1C[C@@H](C)O[C@@H](C)C1. The highest BCUT2D eigenvalue weighted by Crippen LogP contribution is 2.39. The third kappa shape index (κ3) is 7.92. The Hall–Kier alpha value is -2.28. The zero-order valence-electron chi connectivity index (χ0n) is 26.2. The summed E-state index contributed by atoms with van der Waals surface area (Å²) in [6.07, 6.45) is 6.49. The molecule has 1 aliphatic carbocycles. The van der Waals surface area contributed by atoms with Gasteiger partial charge in [0, 0.05) is 37.1 Å². The number of nitrogens with zero attached hydrogens (tertiary/aromatic N) is 1. The standard InChI is InChI=1S/C32H49FN4O6S/c1-20-16-24(17-21(2)43-20)29(23-9-12-25(33)13-10-23)30(36-32(39)42-3)31(38)35-28-8-4-6-22(28)11-14-27-18-34-26-7-5-15-44(40,41)37(27)19-26/h9-10,12-13,20-22,24,26-30,34H,4-8,11,14-19H2,1-3H3,(H,35,38)(H,36,39)/t20-,21+,22-,24?,26-,27+,28+,29+,30+/m1/s1. The summed E-state index contributed by atoms with van der Waals surface area (Å²) in [6.45, 7) is 5.21. The summed E-state index contributed by atoms with van der Waals surface area (Å²) < 4.78 is 52.5. The molecule has 5 rings (SSSR count). The Morgan fingerprint density at radius 1 is 1.09 bits per heavy atom. The molecule has 3 N–H and O–H groups in total. The largest absolute Gasteiger partial charge is 0.453 e. The maximum atomic E-state index is 14.2. The molecular formula is C32H49FN4O6S. The normalized spacial score (nSPS) is 34.7. The lowest BCUT2D eigenvalue weighted by Gasteiger charge is -2.40. The number of carbonyl (C=O) groups excluding carboxylic acids is 2. The first-order valence-electron chi connectivity index (χ1n) is 16.3. The molecule has 12 heteroatoms. The van der Waals surface area contributed by atoms with E-state index >= 15 is 0 Å². The minimum Gasteiger partial charge on any atom is -0.453 e. The van der Waals surface area contributed by atoms with Crippen LogP contribution in [0.4, 0.5) is 9.18 Å². The van der Waals surface area contributed by atoms with Crippen molar-refractivity contribution < 1.29 is 31.9 Å². The lowest BCUT2D eigenvalue weighted by molar-refractivity contribution is -0.126. The van der Waals surface area contributed by atoms with Gasteiger partial charge in [0.15, 0.2) is 0 Å². The zero-order chi connectivity index (χ0) is 31.4. The van der Waals surface area contributed by atoms with Gasteiger partial charge in [0.05, 0.1) is 25.1 Å². The molecule has 10 nitrogen and oxygen atoms in total. The molecule has 1 aromatic rings. The Kier molecular flexibility index (Phi) is 10.9. The van der Waals surface area contributed by atoms with Crippen LogP contribution in [0.5, 0.6) is 0 Å².